The third-order valence-electron chi connectivity index (χ3n) is 10.4. The minimum atomic E-state index is 0.670. The van der Waals surface area contributed by atoms with Crippen molar-refractivity contribution in [1.29, 1.82) is 0 Å². The Morgan fingerprint density at radius 1 is 0.511 bits per heavy atom. The van der Waals surface area contributed by atoms with Crippen molar-refractivity contribution >= 4 is 92.1 Å². The van der Waals surface area contributed by atoms with Gasteiger partial charge in [-0.15, -0.1) is 11.3 Å². The molecule has 0 N–H and O–H groups in total. The van der Waals surface area contributed by atoms with Gasteiger partial charge in [-0.2, -0.15) is 0 Å². The van der Waals surface area contributed by atoms with Gasteiger partial charge >= 0.3 is 0 Å². The molecule has 3 heteroatoms. The summed E-state index contributed by atoms with van der Waals surface area (Å²) in [5.74, 6) is 0.670. The molecule has 9 aromatic rings. The first-order valence-corrected chi connectivity index (χ1v) is 17.7. The van der Waals surface area contributed by atoms with E-state index in [2.05, 4.69) is 132 Å². The van der Waals surface area contributed by atoms with Crippen molar-refractivity contribution in [3.05, 3.63) is 139 Å². The molecule has 2 heterocycles. The summed E-state index contributed by atoms with van der Waals surface area (Å²) in [5.41, 5.74) is 6.75. The average Bonchev–Trinajstić information content (AvgIpc) is 3.71. The van der Waals surface area contributed by atoms with Gasteiger partial charge in [0.2, 0.25) is 0 Å². The van der Waals surface area contributed by atoms with E-state index in [9.17, 15) is 0 Å². The van der Waals surface area contributed by atoms with Gasteiger partial charge in [0, 0.05) is 53.8 Å². The highest BCUT2D eigenvalue weighted by Crippen LogP contribution is 2.48. The lowest BCUT2D eigenvalue weighted by molar-refractivity contribution is 0.443. The van der Waals surface area contributed by atoms with Crippen molar-refractivity contribution in [2.75, 3.05) is 4.90 Å². The molecule has 0 atom stereocenters. The van der Waals surface area contributed by atoms with Gasteiger partial charge in [0.1, 0.15) is 11.2 Å². The van der Waals surface area contributed by atoms with Gasteiger partial charge in [0.15, 0.2) is 0 Å². The molecule has 1 aliphatic carbocycles. The predicted molar refractivity (Wildman–Crippen MR) is 202 cm³/mol. The third-order valence-corrected chi connectivity index (χ3v) is 11.5. The standard InChI is InChI=1S/C44H33NOS/c1-2-10-28(11-3-1)29-18-21-31(22-19-29)45(32-23-24-36-35-15-8-9-17-39(35)46-40(36)26-32)38-27-42-44(37-16-7-6-14-34(37)38)43-33-13-5-4-12-30(33)20-25-41(43)47-42/h4-9,12-28H,1-3,10-11H2. The molecule has 0 unspecified atom stereocenters. The van der Waals surface area contributed by atoms with Crippen LogP contribution in [0, 0.1) is 0 Å². The highest BCUT2D eigenvalue weighted by molar-refractivity contribution is 7.26. The second kappa shape index (κ2) is 10.7. The molecule has 0 radical (unpaired) electrons. The monoisotopic (exact) mass is 623 g/mol. The topological polar surface area (TPSA) is 16.4 Å². The Bertz CT molecular complexity index is 2620. The van der Waals surface area contributed by atoms with Crippen LogP contribution in [-0.4, -0.2) is 0 Å². The maximum atomic E-state index is 6.43. The number of thiophene rings is 1. The van der Waals surface area contributed by atoms with Crippen molar-refractivity contribution in [1.82, 2.24) is 0 Å². The normalized spacial score (nSPS) is 14.3. The van der Waals surface area contributed by atoms with E-state index in [1.165, 1.54) is 85.1 Å². The Morgan fingerprint density at radius 2 is 1.19 bits per heavy atom. The van der Waals surface area contributed by atoms with Gasteiger partial charge in [-0.1, -0.05) is 104 Å². The second-order valence-electron chi connectivity index (χ2n) is 13.1. The predicted octanol–water partition coefficient (Wildman–Crippen LogP) is 13.8. The summed E-state index contributed by atoms with van der Waals surface area (Å²) in [6, 6.07) is 49.2. The molecule has 0 bridgehead atoms. The van der Waals surface area contributed by atoms with Crippen LogP contribution >= 0.6 is 11.3 Å². The number of hydrogen-bond donors (Lipinski definition) is 0. The second-order valence-corrected chi connectivity index (χ2v) is 14.2. The van der Waals surface area contributed by atoms with Crippen LogP contribution in [0.25, 0.3) is 63.7 Å². The number of benzene rings is 7. The van der Waals surface area contributed by atoms with Gasteiger partial charge in [0.05, 0.1) is 5.69 Å². The molecule has 0 saturated heterocycles. The Hall–Kier alpha value is -5.12. The molecule has 1 aliphatic rings. The number of anilines is 3. The van der Waals surface area contributed by atoms with Crippen molar-refractivity contribution in [2.24, 2.45) is 0 Å². The lowest BCUT2D eigenvalue weighted by Gasteiger charge is -2.28. The Balaban J connectivity index is 1.23. The zero-order chi connectivity index (χ0) is 30.9. The maximum Gasteiger partial charge on any atom is 0.137 e. The molecule has 0 spiro atoms. The summed E-state index contributed by atoms with van der Waals surface area (Å²) in [6.45, 7) is 0. The van der Waals surface area contributed by atoms with Gasteiger partial charge in [-0.25, -0.2) is 0 Å². The van der Waals surface area contributed by atoms with E-state index in [0.29, 0.717) is 5.92 Å². The summed E-state index contributed by atoms with van der Waals surface area (Å²) in [4.78, 5) is 2.45. The fraction of sp³-hybridized carbons (Fsp3) is 0.136. The van der Waals surface area contributed by atoms with Crippen LogP contribution in [0.5, 0.6) is 0 Å². The number of para-hydroxylation sites is 1. The van der Waals surface area contributed by atoms with E-state index in [1.807, 2.05) is 17.4 Å². The highest BCUT2D eigenvalue weighted by Gasteiger charge is 2.22. The molecule has 226 valence electrons. The van der Waals surface area contributed by atoms with E-state index in [1.54, 1.807) is 0 Å². The molecule has 1 saturated carbocycles. The number of hydrogen-bond acceptors (Lipinski definition) is 3. The van der Waals surface area contributed by atoms with Crippen LogP contribution in [0.1, 0.15) is 43.6 Å². The molecule has 47 heavy (non-hydrogen) atoms. The lowest BCUT2D eigenvalue weighted by Crippen LogP contribution is -2.11. The molecule has 1 fully saturated rings. The molecular weight excluding hydrogens is 591 g/mol. The first-order chi connectivity index (χ1) is 23.3. The van der Waals surface area contributed by atoms with Crippen molar-refractivity contribution in [3.63, 3.8) is 0 Å². The number of fused-ring (bicyclic) bond motifs is 10. The van der Waals surface area contributed by atoms with Gasteiger partial charge in [-0.3, -0.25) is 0 Å². The summed E-state index contributed by atoms with van der Waals surface area (Å²) in [5, 5.41) is 10.1. The fourth-order valence-electron chi connectivity index (χ4n) is 8.18. The van der Waals surface area contributed by atoms with Crippen molar-refractivity contribution in [2.45, 2.75) is 38.0 Å². The Labute approximate surface area is 277 Å². The molecular formula is C44H33NOS. The average molecular weight is 624 g/mol. The number of nitrogens with zero attached hydrogens (tertiary/aromatic N) is 1. The smallest absolute Gasteiger partial charge is 0.137 e. The molecule has 2 nitrogen and oxygen atoms in total. The zero-order valence-electron chi connectivity index (χ0n) is 26.1. The largest absolute Gasteiger partial charge is 0.456 e. The fourth-order valence-corrected chi connectivity index (χ4v) is 9.35. The summed E-state index contributed by atoms with van der Waals surface area (Å²) < 4.78 is 9.06. The van der Waals surface area contributed by atoms with E-state index in [0.717, 1.165) is 33.3 Å². The minimum Gasteiger partial charge on any atom is -0.456 e. The van der Waals surface area contributed by atoms with Crippen LogP contribution < -0.4 is 4.90 Å². The van der Waals surface area contributed by atoms with Crippen LogP contribution in [0.3, 0.4) is 0 Å². The molecule has 0 amide bonds. The van der Waals surface area contributed by atoms with E-state index < -0.39 is 0 Å². The summed E-state index contributed by atoms with van der Waals surface area (Å²) in [7, 11) is 0. The van der Waals surface area contributed by atoms with Crippen molar-refractivity contribution in [3.8, 4) is 0 Å². The number of rotatable bonds is 4. The van der Waals surface area contributed by atoms with Gasteiger partial charge < -0.3 is 9.32 Å². The van der Waals surface area contributed by atoms with Crippen LogP contribution in [-0.2, 0) is 0 Å². The van der Waals surface area contributed by atoms with Gasteiger partial charge in [-0.05, 0) is 82.9 Å². The van der Waals surface area contributed by atoms with Crippen molar-refractivity contribution < 1.29 is 4.42 Å². The molecule has 2 aromatic heterocycles. The van der Waals surface area contributed by atoms with Crippen LogP contribution in [0.4, 0.5) is 17.1 Å². The minimum absolute atomic E-state index is 0.670. The molecule has 10 rings (SSSR count). The lowest BCUT2D eigenvalue weighted by atomic mass is 9.84. The number of furan rings is 1. The third kappa shape index (κ3) is 4.30. The van der Waals surface area contributed by atoms with Crippen LogP contribution in [0.2, 0.25) is 0 Å². The van der Waals surface area contributed by atoms with Crippen LogP contribution in [0.15, 0.2) is 138 Å². The Morgan fingerprint density at radius 3 is 2.04 bits per heavy atom. The first kappa shape index (κ1) is 27.0. The van der Waals surface area contributed by atoms with Gasteiger partial charge in [0.25, 0.3) is 0 Å². The highest BCUT2D eigenvalue weighted by atomic mass is 32.1. The first-order valence-electron chi connectivity index (χ1n) is 16.9. The SMILES string of the molecule is c1ccc2c(c1)ccc1sc3cc(N(c4ccc(C5CCCCC5)cc4)c4ccc5c(c4)oc4ccccc45)c4ccccc4c3c12. The molecule has 7 aromatic carbocycles. The maximum absolute atomic E-state index is 6.43. The Kier molecular flexibility index (Phi) is 6.17. The van der Waals surface area contributed by atoms with E-state index >= 15 is 0 Å². The quantitative estimate of drug-likeness (QED) is 0.194. The summed E-state index contributed by atoms with van der Waals surface area (Å²) in [6.07, 6.45) is 6.65. The summed E-state index contributed by atoms with van der Waals surface area (Å²) >= 11 is 1.89. The zero-order valence-corrected chi connectivity index (χ0v) is 26.9. The molecule has 0 aliphatic heterocycles. The van der Waals surface area contributed by atoms with E-state index in [4.69, 9.17) is 4.42 Å². The van der Waals surface area contributed by atoms with E-state index in [-0.39, 0.29) is 0 Å².